The molecule has 14 heavy (non-hydrogen) atoms. The molecule has 0 fully saturated rings. The summed E-state index contributed by atoms with van der Waals surface area (Å²) in [5, 5.41) is 0. The van der Waals surface area contributed by atoms with Gasteiger partial charge in [-0.05, 0) is 26.7 Å². The number of aliphatic imine (C=N–C) groups is 1. The Labute approximate surface area is 88.1 Å². The molecule has 0 saturated heterocycles. The van der Waals surface area contributed by atoms with Crippen LogP contribution in [0.1, 0.15) is 53.4 Å². The van der Waals surface area contributed by atoms with Crippen LogP contribution in [0.15, 0.2) is 4.99 Å². The van der Waals surface area contributed by atoms with E-state index >= 15 is 0 Å². The molecule has 0 bridgehead atoms. The van der Waals surface area contributed by atoms with Crippen LogP contribution in [0.5, 0.6) is 0 Å². The summed E-state index contributed by atoms with van der Waals surface area (Å²) in [6, 6.07) is 0.316. The van der Waals surface area contributed by atoms with Crippen molar-refractivity contribution in [3.63, 3.8) is 0 Å². The van der Waals surface area contributed by atoms with Gasteiger partial charge in [0.05, 0.1) is 0 Å². The highest BCUT2D eigenvalue weighted by molar-refractivity contribution is 5.84. The van der Waals surface area contributed by atoms with Crippen molar-refractivity contribution in [3.8, 4) is 0 Å². The van der Waals surface area contributed by atoms with Gasteiger partial charge in [0.25, 0.3) is 0 Å². The number of nitrogens with zero attached hydrogens (tertiary/aromatic N) is 1. The minimum Gasteiger partial charge on any atom is -0.312 e. The zero-order valence-electron chi connectivity index (χ0n) is 10.0. The summed E-state index contributed by atoms with van der Waals surface area (Å²) in [4.78, 5) is 4.50. The summed E-state index contributed by atoms with van der Waals surface area (Å²) < 4.78 is 0. The van der Waals surface area contributed by atoms with Crippen LogP contribution in [0.2, 0.25) is 0 Å². The fraction of sp³-hybridized carbons (Fsp3) is 0.909. The summed E-state index contributed by atoms with van der Waals surface area (Å²) in [5.41, 5.74) is 2.74. The van der Waals surface area contributed by atoms with E-state index < -0.39 is 0 Å². The van der Waals surface area contributed by atoms with E-state index in [-0.39, 0.29) is 0 Å². The molecule has 0 radical (unpaired) electrons. The Morgan fingerprint density at radius 1 is 1.36 bits per heavy atom. The number of hydrazine groups is 1. The Bertz CT molecular complexity index is 164. The highest BCUT2D eigenvalue weighted by atomic mass is 15.3. The highest BCUT2D eigenvalue weighted by Crippen LogP contribution is 2.13. The van der Waals surface area contributed by atoms with Gasteiger partial charge < -0.3 is 5.43 Å². The molecular formula is C11H25N3. The van der Waals surface area contributed by atoms with Gasteiger partial charge in [-0.25, -0.2) is 5.84 Å². The smallest absolute Gasteiger partial charge is 0.114 e. The number of nitrogens with one attached hydrogen (secondary N) is 1. The van der Waals surface area contributed by atoms with Gasteiger partial charge in [-0.15, -0.1) is 0 Å². The first kappa shape index (κ1) is 13.4. The number of nitrogens with two attached hydrogens (primary N) is 1. The van der Waals surface area contributed by atoms with Crippen molar-refractivity contribution in [2.45, 2.75) is 59.4 Å². The van der Waals surface area contributed by atoms with Crippen molar-refractivity contribution >= 4 is 5.84 Å². The lowest BCUT2D eigenvalue weighted by molar-refractivity contribution is 0.549. The third-order valence-electron chi connectivity index (χ3n) is 2.33. The molecule has 0 aromatic carbocycles. The molecule has 0 aromatic rings. The molecule has 3 N–H and O–H groups in total. The van der Waals surface area contributed by atoms with Crippen LogP contribution >= 0.6 is 0 Å². The summed E-state index contributed by atoms with van der Waals surface area (Å²) in [7, 11) is 0. The summed E-state index contributed by atoms with van der Waals surface area (Å²) >= 11 is 0. The van der Waals surface area contributed by atoms with Crippen molar-refractivity contribution in [2.24, 2.45) is 16.8 Å². The molecule has 3 nitrogen and oxygen atoms in total. The number of rotatable bonds is 6. The van der Waals surface area contributed by atoms with Crippen molar-refractivity contribution in [1.82, 2.24) is 5.43 Å². The van der Waals surface area contributed by atoms with E-state index in [0.29, 0.717) is 12.0 Å². The van der Waals surface area contributed by atoms with Gasteiger partial charge in [0, 0.05) is 12.0 Å². The van der Waals surface area contributed by atoms with E-state index in [0.717, 1.165) is 12.3 Å². The predicted octanol–water partition coefficient (Wildman–Crippen LogP) is 2.47. The molecule has 0 aliphatic heterocycles. The molecule has 3 heteroatoms. The molecule has 0 aliphatic rings. The van der Waals surface area contributed by atoms with Crippen LogP contribution in [0.3, 0.4) is 0 Å². The van der Waals surface area contributed by atoms with Gasteiger partial charge in [-0.1, -0.05) is 26.7 Å². The van der Waals surface area contributed by atoms with Crippen LogP contribution in [-0.4, -0.2) is 11.9 Å². The van der Waals surface area contributed by atoms with E-state index in [1.807, 2.05) is 0 Å². The Hall–Kier alpha value is -0.570. The van der Waals surface area contributed by atoms with E-state index in [9.17, 15) is 0 Å². The van der Waals surface area contributed by atoms with E-state index in [1.165, 1.54) is 19.3 Å². The fourth-order valence-corrected chi connectivity index (χ4v) is 1.52. The quantitative estimate of drug-likeness (QED) is 0.299. The van der Waals surface area contributed by atoms with Gasteiger partial charge in [0.15, 0.2) is 0 Å². The normalized spacial score (nSPS) is 14.6. The average Bonchev–Trinajstić information content (AvgIpc) is 2.16. The Balaban J connectivity index is 4.28. The van der Waals surface area contributed by atoms with E-state index in [2.05, 4.69) is 38.1 Å². The summed E-state index contributed by atoms with van der Waals surface area (Å²) in [6.45, 7) is 8.54. The minimum atomic E-state index is 0.316. The maximum Gasteiger partial charge on any atom is 0.114 e. The van der Waals surface area contributed by atoms with Crippen molar-refractivity contribution in [1.29, 1.82) is 0 Å². The highest BCUT2D eigenvalue weighted by Gasteiger charge is 2.12. The number of amidine groups is 1. The minimum absolute atomic E-state index is 0.316. The first-order chi connectivity index (χ1) is 6.65. The number of hydrogen-bond acceptors (Lipinski definition) is 2. The van der Waals surface area contributed by atoms with Crippen LogP contribution < -0.4 is 11.3 Å². The number of hydrogen-bond donors (Lipinski definition) is 2. The first-order valence-corrected chi connectivity index (χ1v) is 5.69. The summed E-state index contributed by atoms with van der Waals surface area (Å²) in [5.74, 6) is 6.96. The molecule has 0 aromatic heterocycles. The van der Waals surface area contributed by atoms with Gasteiger partial charge in [0.2, 0.25) is 0 Å². The maximum absolute atomic E-state index is 5.49. The second kappa shape index (κ2) is 7.80. The second-order valence-corrected chi connectivity index (χ2v) is 4.00. The SMILES string of the molecule is CCCCC(CC)C(=NC(C)C)NN. The third-order valence-corrected chi connectivity index (χ3v) is 2.33. The van der Waals surface area contributed by atoms with E-state index in [1.54, 1.807) is 0 Å². The van der Waals surface area contributed by atoms with Crippen LogP contribution in [0, 0.1) is 5.92 Å². The first-order valence-electron chi connectivity index (χ1n) is 5.69. The predicted molar refractivity (Wildman–Crippen MR) is 63.2 cm³/mol. The molecule has 0 spiro atoms. The van der Waals surface area contributed by atoms with Crippen molar-refractivity contribution in [2.75, 3.05) is 0 Å². The molecule has 0 amide bonds. The maximum atomic E-state index is 5.49. The molecule has 1 atom stereocenters. The van der Waals surface area contributed by atoms with Gasteiger partial charge >= 0.3 is 0 Å². The monoisotopic (exact) mass is 199 g/mol. The van der Waals surface area contributed by atoms with Crippen LogP contribution in [-0.2, 0) is 0 Å². The van der Waals surface area contributed by atoms with E-state index in [4.69, 9.17) is 5.84 Å². The standard InChI is InChI=1S/C11H25N3/c1-5-7-8-10(6-2)11(14-12)13-9(3)4/h9-10H,5-8,12H2,1-4H3,(H,13,14). The fourth-order valence-electron chi connectivity index (χ4n) is 1.52. The largest absolute Gasteiger partial charge is 0.312 e. The average molecular weight is 199 g/mol. The van der Waals surface area contributed by atoms with Gasteiger partial charge in [-0.2, -0.15) is 0 Å². The van der Waals surface area contributed by atoms with Crippen molar-refractivity contribution < 1.29 is 0 Å². The zero-order valence-corrected chi connectivity index (χ0v) is 10.0. The van der Waals surface area contributed by atoms with Gasteiger partial charge in [0.1, 0.15) is 5.84 Å². The topological polar surface area (TPSA) is 50.4 Å². The lowest BCUT2D eigenvalue weighted by Gasteiger charge is -2.17. The van der Waals surface area contributed by atoms with Crippen molar-refractivity contribution in [3.05, 3.63) is 0 Å². The Morgan fingerprint density at radius 2 is 2.00 bits per heavy atom. The molecule has 0 rings (SSSR count). The molecule has 0 saturated carbocycles. The third kappa shape index (κ3) is 5.22. The molecule has 0 heterocycles. The molecular weight excluding hydrogens is 174 g/mol. The number of unbranched alkanes of at least 4 members (excludes halogenated alkanes) is 1. The van der Waals surface area contributed by atoms with Gasteiger partial charge in [-0.3, -0.25) is 4.99 Å². The molecule has 1 unspecified atom stereocenters. The lowest BCUT2D eigenvalue weighted by Crippen LogP contribution is -2.36. The van der Waals surface area contributed by atoms with Crippen LogP contribution in [0.25, 0.3) is 0 Å². The lowest BCUT2D eigenvalue weighted by atomic mass is 9.98. The Morgan fingerprint density at radius 3 is 2.36 bits per heavy atom. The zero-order chi connectivity index (χ0) is 11.0. The second-order valence-electron chi connectivity index (χ2n) is 4.00. The molecule has 0 aliphatic carbocycles. The Kier molecular flexibility index (Phi) is 7.48. The summed E-state index contributed by atoms with van der Waals surface area (Å²) in [6.07, 6.45) is 4.77. The molecule has 84 valence electrons. The van der Waals surface area contributed by atoms with Crippen LogP contribution in [0.4, 0.5) is 0 Å².